The number of methoxy groups -OCH3 is 2. The molecule has 1 aromatic rings. The van der Waals surface area contributed by atoms with Crippen molar-refractivity contribution in [2.24, 2.45) is 0 Å². The van der Waals surface area contributed by atoms with E-state index in [2.05, 4.69) is 0 Å². The Kier molecular flexibility index (Phi) is 4.75. The molecule has 0 bridgehead atoms. The summed E-state index contributed by atoms with van der Waals surface area (Å²) in [5.74, 6) is -0.714. The Morgan fingerprint density at radius 2 is 1.94 bits per heavy atom. The van der Waals surface area contributed by atoms with Crippen LogP contribution in [0.1, 0.15) is 18.4 Å². The SMILES string of the molecule is COc1cc(OC)c(CCCC(=O)O)cc1F. The molecule has 1 N–H and O–H groups in total. The Morgan fingerprint density at radius 1 is 1.29 bits per heavy atom. The van der Waals surface area contributed by atoms with Gasteiger partial charge in [0.05, 0.1) is 14.2 Å². The molecular formula is C12H15FO4. The molecule has 0 heterocycles. The van der Waals surface area contributed by atoms with Gasteiger partial charge in [0, 0.05) is 12.5 Å². The number of rotatable bonds is 6. The molecule has 0 aliphatic heterocycles. The van der Waals surface area contributed by atoms with E-state index in [1.165, 1.54) is 26.4 Å². The summed E-state index contributed by atoms with van der Waals surface area (Å²) in [5, 5.41) is 8.53. The summed E-state index contributed by atoms with van der Waals surface area (Å²) < 4.78 is 23.4. The summed E-state index contributed by atoms with van der Waals surface area (Å²) in [6.45, 7) is 0. The van der Waals surface area contributed by atoms with E-state index in [9.17, 15) is 9.18 Å². The first-order valence-electron chi connectivity index (χ1n) is 5.20. The van der Waals surface area contributed by atoms with E-state index in [4.69, 9.17) is 14.6 Å². The molecule has 0 aliphatic rings. The fourth-order valence-corrected chi connectivity index (χ4v) is 1.55. The van der Waals surface area contributed by atoms with Crippen LogP contribution in [0, 0.1) is 5.82 Å². The molecule has 0 spiro atoms. The van der Waals surface area contributed by atoms with Crippen molar-refractivity contribution >= 4 is 5.97 Å². The van der Waals surface area contributed by atoms with Crippen molar-refractivity contribution in [1.82, 2.24) is 0 Å². The van der Waals surface area contributed by atoms with E-state index in [0.29, 0.717) is 24.2 Å². The molecule has 17 heavy (non-hydrogen) atoms. The summed E-state index contributed by atoms with van der Waals surface area (Å²) in [5.41, 5.74) is 0.645. The predicted octanol–water partition coefficient (Wildman–Crippen LogP) is 2.25. The third-order valence-electron chi connectivity index (χ3n) is 2.39. The number of hydrogen-bond acceptors (Lipinski definition) is 3. The molecule has 5 heteroatoms. The summed E-state index contributed by atoms with van der Waals surface area (Å²) >= 11 is 0. The van der Waals surface area contributed by atoms with Gasteiger partial charge in [-0.2, -0.15) is 0 Å². The van der Waals surface area contributed by atoms with Gasteiger partial charge in [-0.1, -0.05) is 0 Å². The molecule has 0 unspecified atom stereocenters. The van der Waals surface area contributed by atoms with E-state index in [1.54, 1.807) is 0 Å². The molecule has 94 valence electrons. The largest absolute Gasteiger partial charge is 0.496 e. The second-order valence-electron chi connectivity index (χ2n) is 3.55. The van der Waals surface area contributed by atoms with E-state index in [0.717, 1.165) is 0 Å². The van der Waals surface area contributed by atoms with Crippen molar-refractivity contribution in [1.29, 1.82) is 0 Å². The van der Waals surface area contributed by atoms with Gasteiger partial charge in [0.15, 0.2) is 11.6 Å². The predicted molar refractivity (Wildman–Crippen MR) is 60.1 cm³/mol. The quantitative estimate of drug-likeness (QED) is 0.831. The topological polar surface area (TPSA) is 55.8 Å². The molecular weight excluding hydrogens is 227 g/mol. The van der Waals surface area contributed by atoms with E-state index >= 15 is 0 Å². The number of hydrogen-bond donors (Lipinski definition) is 1. The number of ether oxygens (including phenoxy) is 2. The molecule has 0 aromatic heterocycles. The van der Waals surface area contributed by atoms with Crippen molar-refractivity contribution in [3.05, 3.63) is 23.5 Å². The number of halogens is 1. The van der Waals surface area contributed by atoms with E-state index < -0.39 is 11.8 Å². The lowest BCUT2D eigenvalue weighted by atomic mass is 10.1. The summed E-state index contributed by atoms with van der Waals surface area (Å²) in [4.78, 5) is 10.4. The van der Waals surface area contributed by atoms with Crippen LogP contribution in [-0.4, -0.2) is 25.3 Å². The van der Waals surface area contributed by atoms with Crippen molar-refractivity contribution in [3.8, 4) is 11.5 Å². The maximum atomic E-state index is 13.5. The lowest BCUT2D eigenvalue weighted by Gasteiger charge is -2.10. The van der Waals surface area contributed by atoms with Gasteiger partial charge in [-0.25, -0.2) is 4.39 Å². The minimum absolute atomic E-state index is 0.0524. The normalized spacial score (nSPS) is 10.1. The Morgan fingerprint density at radius 3 is 2.47 bits per heavy atom. The van der Waals surface area contributed by atoms with Crippen molar-refractivity contribution in [3.63, 3.8) is 0 Å². The standard InChI is InChI=1S/C12H15FO4/c1-16-10-7-11(17-2)9(13)6-8(10)4-3-5-12(14)15/h6-7H,3-5H2,1-2H3,(H,14,15). The fourth-order valence-electron chi connectivity index (χ4n) is 1.55. The number of benzene rings is 1. The average molecular weight is 242 g/mol. The van der Waals surface area contributed by atoms with Crippen molar-refractivity contribution < 1.29 is 23.8 Å². The minimum atomic E-state index is -0.863. The molecule has 0 aliphatic carbocycles. The van der Waals surface area contributed by atoms with Crippen LogP contribution in [0.4, 0.5) is 4.39 Å². The first-order valence-corrected chi connectivity index (χ1v) is 5.20. The van der Waals surface area contributed by atoms with Gasteiger partial charge >= 0.3 is 5.97 Å². The van der Waals surface area contributed by atoms with Crippen LogP contribution in [0.2, 0.25) is 0 Å². The smallest absolute Gasteiger partial charge is 0.303 e. The Balaban J connectivity index is 2.83. The Labute approximate surface area is 99.0 Å². The van der Waals surface area contributed by atoms with Crippen molar-refractivity contribution in [2.75, 3.05) is 14.2 Å². The van der Waals surface area contributed by atoms with Gasteiger partial charge in [-0.05, 0) is 24.5 Å². The third-order valence-corrected chi connectivity index (χ3v) is 2.39. The van der Waals surface area contributed by atoms with Gasteiger partial charge in [-0.3, -0.25) is 4.79 Å². The van der Waals surface area contributed by atoms with Crippen LogP contribution in [0.25, 0.3) is 0 Å². The molecule has 0 saturated carbocycles. The third kappa shape index (κ3) is 3.62. The molecule has 1 aromatic carbocycles. The number of aliphatic carboxylic acids is 1. The summed E-state index contributed by atoms with van der Waals surface area (Å²) in [6.07, 6.45) is 0.949. The van der Waals surface area contributed by atoms with Gasteiger partial charge in [0.2, 0.25) is 0 Å². The fraction of sp³-hybridized carbons (Fsp3) is 0.417. The van der Waals surface area contributed by atoms with Gasteiger partial charge in [0.25, 0.3) is 0 Å². The average Bonchev–Trinajstić information content (AvgIpc) is 2.29. The van der Waals surface area contributed by atoms with E-state index in [-0.39, 0.29) is 12.2 Å². The minimum Gasteiger partial charge on any atom is -0.496 e. The zero-order chi connectivity index (χ0) is 12.8. The number of carboxylic acids is 1. The molecule has 0 amide bonds. The van der Waals surface area contributed by atoms with Crippen molar-refractivity contribution in [2.45, 2.75) is 19.3 Å². The van der Waals surface area contributed by atoms with Crippen LogP contribution >= 0.6 is 0 Å². The lowest BCUT2D eigenvalue weighted by Crippen LogP contribution is -1.99. The number of carboxylic acid groups (broad SMARTS) is 1. The molecule has 0 radical (unpaired) electrons. The maximum Gasteiger partial charge on any atom is 0.303 e. The van der Waals surface area contributed by atoms with Crippen LogP contribution in [-0.2, 0) is 11.2 Å². The lowest BCUT2D eigenvalue weighted by molar-refractivity contribution is -0.137. The Bertz CT molecular complexity index is 404. The summed E-state index contributed by atoms with van der Waals surface area (Å²) in [6, 6.07) is 2.78. The zero-order valence-electron chi connectivity index (χ0n) is 9.83. The molecule has 4 nitrogen and oxygen atoms in total. The maximum absolute atomic E-state index is 13.5. The van der Waals surface area contributed by atoms with Gasteiger partial charge in [-0.15, -0.1) is 0 Å². The van der Waals surface area contributed by atoms with Crippen LogP contribution in [0.15, 0.2) is 12.1 Å². The van der Waals surface area contributed by atoms with Crippen LogP contribution in [0.3, 0.4) is 0 Å². The first-order chi connectivity index (χ1) is 8.08. The second kappa shape index (κ2) is 6.08. The van der Waals surface area contributed by atoms with Gasteiger partial charge in [0.1, 0.15) is 5.75 Å². The van der Waals surface area contributed by atoms with Gasteiger partial charge < -0.3 is 14.6 Å². The van der Waals surface area contributed by atoms with E-state index in [1.807, 2.05) is 0 Å². The second-order valence-corrected chi connectivity index (χ2v) is 3.55. The first kappa shape index (κ1) is 13.3. The molecule has 0 fully saturated rings. The number of carbonyl (C=O) groups is 1. The highest BCUT2D eigenvalue weighted by Gasteiger charge is 2.11. The number of aryl methyl sites for hydroxylation is 1. The highest BCUT2D eigenvalue weighted by Crippen LogP contribution is 2.28. The summed E-state index contributed by atoms with van der Waals surface area (Å²) in [7, 11) is 2.86. The monoisotopic (exact) mass is 242 g/mol. The highest BCUT2D eigenvalue weighted by atomic mass is 19.1. The van der Waals surface area contributed by atoms with Crippen LogP contribution in [0.5, 0.6) is 11.5 Å². The molecule has 1 rings (SSSR count). The molecule has 0 atom stereocenters. The zero-order valence-corrected chi connectivity index (χ0v) is 9.83. The highest BCUT2D eigenvalue weighted by molar-refractivity contribution is 5.66. The van der Waals surface area contributed by atoms with Crippen LogP contribution < -0.4 is 9.47 Å². The molecule has 0 saturated heterocycles. The Hall–Kier alpha value is -1.78.